The van der Waals surface area contributed by atoms with Crippen molar-refractivity contribution in [2.24, 2.45) is 4.99 Å². The maximum absolute atomic E-state index is 4.89. The number of para-hydroxylation sites is 1. The largest absolute Gasteiger partial charge is 0.252 e. The van der Waals surface area contributed by atoms with Crippen LogP contribution in [0.1, 0.15) is 25.0 Å². The highest BCUT2D eigenvalue weighted by Crippen LogP contribution is 2.41. The van der Waals surface area contributed by atoms with Gasteiger partial charge in [-0.25, -0.2) is 0 Å². The fraction of sp³-hybridized carbons (Fsp3) is 0.136. The fourth-order valence-electron chi connectivity index (χ4n) is 3.36. The molecule has 1 heterocycles. The standard InChI is InChI=1S/C22H19N/c1-22(2)19-10-6-7-11-20(19)23-21(22)18-14-12-17(13-15-18)16-8-4-3-5-9-16/h3-15H,1-2H3. The molecule has 0 aliphatic carbocycles. The van der Waals surface area contributed by atoms with Gasteiger partial charge in [-0.3, -0.25) is 4.99 Å². The molecule has 0 unspecified atom stereocenters. The summed E-state index contributed by atoms with van der Waals surface area (Å²) in [5.41, 5.74) is 7.19. The predicted octanol–water partition coefficient (Wildman–Crippen LogP) is 5.77. The molecule has 0 amide bonds. The van der Waals surface area contributed by atoms with Gasteiger partial charge in [0, 0.05) is 5.41 Å². The molecule has 3 aromatic carbocycles. The first-order valence-electron chi connectivity index (χ1n) is 8.01. The summed E-state index contributed by atoms with van der Waals surface area (Å²) in [6, 6.07) is 27.7. The van der Waals surface area contributed by atoms with E-state index in [1.54, 1.807) is 0 Å². The minimum atomic E-state index is -0.0507. The Morgan fingerprint density at radius 1 is 0.609 bits per heavy atom. The first-order valence-corrected chi connectivity index (χ1v) is 8.01. The lowest BCUT2D eigenvalue weighted by Crippen LogP contribution is -2.26. The van der Waals surface area contributed by atoms with Crippen LogP contribution in [0.15, 0.2) is 83.9 Å². The third kappa shape index (κ3) is 2.29. The van der Waals surface area contributed by atoms with Crippen LogP contribution in [0.25, 0.3) is 11.1 Å². The second kappa shape index (κ2) is 5.20. The van der Waals surface area contributed by atoms with Crippen molar-refractivity contribution in [2.75, 3.05) is 0 Å². The Labute approximate surface area is 137 Å². The lowest BCUT2D eigenvalue weighted by atomic mass is 9.79. The van der Waals surface area contributed by atoms with Gasteiger partial charge in [-0.15, -0.1) is 0 Å². The molecule has 0 aromatic heterocycles. The Kier molecular flexibility index (Phi) is 3.16. The highest BCUT2D eigenvalue weighted by molar-refractivity contribution is 6.12. The normalized spacial score (nSPS) is 15.1. The van der Waals surface area contributed by atoms with Gasteiger partial charge in [0.1, 0.15) is 0 Å². The van der Waals surface area contributed by atoms with Gasteiger partial charge in [-0.2, -0.15) is 0 Å². The third-order valence-electron chi connectivity index (χ3n) is 4.67. The molecular formula is C22H19N. The van der Waals surface area contributed by atoms with Crippen molar-refractivity contribution in [3.63, 3.8) is 0 Å². The SMILES string of the molecule is CC1(C)C(c2ccc(-c3ccccc3)cc2)=Nc2ccccc21. The van der Waals surface area contributed by atoms with Gasteiger partial charge in [0.25, 0.3) is 0 Å². The Hall–Kier alpha value is -2.67. The zero-order valence-electron chi connectivity index (χ0n) is 13.5. The molecule has 1 nitrogen and oxygen atoms in total. The van der Waals surface area contributed by atoms with Crippen LogP contribution in [0.4, 0.5) is 5.69 Å². The van der Waals surface area contributed by atoms with E-state index in [4.69, 9.17) is 4.99 Å². The molecule has 0 bridgehead atoms. The molecule has 23 heavy (non-hydrogen) atoms. The molecule has 0 saturated carbocycles. The Bertz CT molecular complexity index is 871. The lowest BCUT2D eigenvalue weighted by Gasteiger charge is -2.22. The van der Waals surface area contributed by atoms with E-state index in [-0.39, 0.29) is 5.41 Å². The smallest absolute Gasteiger partial charge is 0.0675 e. The van der Waals surface area contributed by atoms with Gasteiger partial charge in [0.2, 0.25) is 0 Å². The summed E-state index contributed by atoms with van der Waals surface area (Å²) >= 11 is 0. The Morgan fingerprint density at radius 2 is 1.17 bits per heavy atom. The second-order valence-electron chi connectivity index (χ2n) is 6.55. The molecule has 0 spiro atoms. The van der Waals surface area contributed by atoms with Crippen LogP contribution < -0.4 is 0 Å². The third-order valence-corrected chi connectivity index (χ3v) is 4.67. The maximum atomic E-state index is 4.89. The van der Waals surface area contributed by atoms with Gasteiger partial charge in [0.05, 0.1) is 11.4 Å². The number of aliphatic imine (C=N–C) groups is 1. The molecule has 0 N–H and O–H groups in total. The zero-order valence-corrected chi connectivity index (χ0v) is 13.5. The maximum Gasteiger partial charge on any atom is 0.0675 e. The minimum Gasteiger partial charge on any atom is -0.252 e. The molecule has 3 aromatic rings. The number of benzene rings is 3. The lowest BCUT2D eigenvalue weighted by molar-refractivity contribution is 0.737. The van der Waals surface area contributed by atoms with Crippen molar-refractivity contribution in [3.05, 3.63) is 90.0 Å². The molecule has 0 radical (unpaired) electrons. The molecule has 4 rings (SSSR count). The first-order chi connectivity index (χ1) is 11.2. The van der Waals surface area contributed by atoms with Crippen LogP contribution in [0.2, 0.25) is 0 Å². The second-order valence-corrected chi connectivity index (χ2v) is 6.55. The number of rotatable bonds is 2. The molecular weight excluding hydrogens is 278 g/mol. The molecule has 1 aliphatic rings. The summed E-state index contributed by atoms with van der Waals surface area (Å²) < 4.78 is 0. The van der Waals surface area contributed by atoms with E-state index in [1.807, 2.05) is 6.07 Å². The van der Waals surface area contributed by atoms with Crippen molar-refractivity contribution in [1.82, 2.24) is 0 Å². The topological polar surface area (TPSA) is 12.4 Å². The summed E-state index contributed by atoms with van der Waals surface area (Å²) in [4.78, 5) is 4.89. The summed E-state index contributed by atoms with van der Waals surface area (Å²) in [5, 5.41) is 0. The van der Waals surface area contributed by atoms with Gasteiger partial charge < -0.3 is 0 Å². The van der Waals surface area contributed by atoms with Gasteiger partial charge in [-0.1, -0.05) is 86.6 Å². The van der Waals surface area contributed by atoms with Crippen molar-refractivity contribution in [2.45, 2.75) is 19.3 Å². The van der Waals surface area contributed by atoms with E-state index in [0.717, 1.165) is 11.4 Å². The van der Waals surface area contributed by atoms with Crippen LogP contribution >= 0.6 is 0 Å². The highest BCUT2D eigenvalue weighted by Gasteiger charge is 2.35. The molecule has 112 valence electrons. The Morgan fingerprint density at radius 3 is 1.87 bits per heavy atom. The molecule has 0 saturated heterocycles. The van der Waals surface area contributed by atoms with E-state index < -0.39 is 0 Å². The Balaban J connectivity index is 1.73. The molecule has 0 atom stereocenters. The predicted molar refractivity (Wildman–Crippen MR) is 97.5 cm³/mol. The van der Waals surface area contributed by atoms with Crippen molar-refractivity contribution in [3.8, 4) is 11.1 Å². The molecule has 0 fully saturated rings. The van der Waals surface area contributed by atoms with Gasteiger partial charge in [-0.05, 0) is 28.3 Å². The van der Waals surface area contributed by atoms with Crippen LogP contribution in [-0.2, 0) is 5.41 Å². The first kappa shape index (κ1) is 14.0. The van der Waals surface area contributed by atoms with E-state index in [9.17, 15) is 0 Å². The van der Waals surface area contributed by atoms with E-state index in [1.165, 1.54) is 22.3 Å². The fourth-order valence-corrected chi connectivity index (χ4v) is 3.36. The van der Waals surface area contributed by atoms with Crippen molar-refractivity contribution < 1.29 is 0 Å². The average molecular weight is 297 g/mol. The summed E-state index contributed by atoms with van der Waals surface area (Å²) in [5.74, 6) is 0. The molecule has 1 heteroatoms. The number of fused-ring (bicyclic) bond motifs is 1. The quantitative estimate of drug-likeness (QED) is 0.569. The number of nitrogens with zero attached hydrogens (tertiary/aromatic N) is 1. The van der Waals surface area contributed by atoms with Crippen LogP contribution in [0.5, 0.6) is 0 Å². The molecule has 1 aliphatic heterocycles. The summed E-state index contributed by atoms with van der Waals surface area (Å²) in [6.45, 7) is 4.51. The highest BCUT2D eigenvalue weighted by atomic mass is 14.8. The van der Waals surface area contributed by atoms with Crippen LogP contribution in [0, 0.1) is 0 Å². The van der Waals surface area contributed by atoms with Crippen LogP contribution in [0.3, 0.4) is 0 Å². The summed E-state index contributed by atoms with van der Waals surface area (Å²) in [6.07, 6.45) is 0. The van der Waals surface area contributed by atoms with Gasteiger partial charge >= 0.3 is 0 Å². The summed E-state index contributed by atoms with van der Waals surface area (Å²) in [7, 11) is 0. The van der Waals surface area contributed by atoms with E-state index in [2.05, 4.69) is 86.6 Å². The van der Waals surface area contributed by atoms with Crippen molar-refractivity contribution >= 4 is 11.4 Å². The average Bonchev–Trinajstić information content (AvgIpc) is 2.87. The number of hydrogen-bond donors (Lipinski definition) is 0. The van der Waals surface area contributed by atoms with Crippen molar-refractivity contribution in [1.29, 1.82) is 0 Å². The monoisotopic (exact) mass is 297 g/mol. The minimum absolute atomic E-state index is 0.0507. The van der Waals surface area contributed by atoms with E-state index >= 15 is 0 Å². The van der Waals surface area contributed by atoms with Gasteiger partial charge in [0.15, 0.2) is 0 Å². The van der Waals surface area contributed by atoms with E-state index in [0.29, 0.717) is 0 Å². The zero-order chi connectivity index (χ0) is 15.9. The number of hydrogen-bond acceptors (Lipinski definition) is 1. The van der Waals surface area contributed by atoms with Crippen LogP contribution in [-0.4, -0.2) is 5.71 Å².